The van der Waals surface area contributed by atoms with Gasteiger partial charge in [0.25, 0.3) is 0 Å². The van der Waals surface area contributed by atoms with Gasteiger partial charge < -0.3 is 0 Å². The number of allylic oxidation sites excluding steroid dienone is 1. The molecule has 1 aliphatic carbocycles. The molecule has 3 aromatic rings. The fraction of sp³-hybridized carbons (Fsp3) is 0.0667. The van der Waals surface area contributed by atoms with Crippen molar-refractivity contribution in [2.75, 3.05) is 0 Å². The maximum absolute atomic E-state index is 4.14. The number of H-pyrrole nitrogens is 1. The van der Waals surface area contributed by atoms with E-state index in [0.717, 1.165) is 5.69 Å². The highest BCUT2D eigenvalue weighted by Gasteiger charge is 2.20. The van der Waals surface area contributed by atoms with Crippen LogP contribution in [0, 0.1) is 0 Å². The zero-order valence-corrected chi connectivity index (χ0v) is 9.67. The number of rotatable bonds is 1. The minimum atomic E-state index is 0.197. The van der Waals surface area contributed by atoms with Crippen LogP contribution in [0.25, 0.3) is 16.8 Å². The number of nitrogens with one attached hydrogen (secondary N) is 1. The van der Waals surface area contributed by atoms with Gasteiger partial charge in [0.1, 0.15) is 0 Å². The zero-order chi connectivity index (χ0) is 11.9. The fourth-order valence-electron chi connectivity index (χ4n) is 2.72. The van der Waals surface area contributed by atoms with Crippen LogP contribution in [-0.2, 0) is 0 Å². The van der Waals surface area contributed by atoms with Crippen LogP contribution >= 0.6 is 0 Å². The molecule has 1 aliphatic rings. The average molecular weight is 233 g/mol. The molecular weight excluding hydrogens is 222 g/mol. The quantitative estimate of drug-likeness (QED) is 0.701. The second-order valence-corrected chi connectivity index (χ2v) is 4.53. The van der Waals surface area contributed by atoms with E-state index < -0.39 is 0 Å². The van der Waals surface area contributed by atoms with Crippen LogP contribution in [-0.4, -0.2) is 15.4 Å². The molecule has 3 nitrogen and oxygen atoms in total. The monoisotopic (exact) mass is 233 g/mol. The SMILES string of the molecule is C1=CC(c2c[nH]nn2)c2cccc3cccc1c23. The molecule has 0 saturated carbocycles. The number of aromatic nitrogens is 3. The minimum absolute atomic E-state index is 0.197. The Labute approximate surface area is 104 Å². The van der Waals surface area contributed by atoms with Crippen LogP contribution in [0.3, 0.4) is 0 Å². The lowest BCUT2D eigenvalue weighted by molar-refractivity contribution is 0.888. The third-order valence-corrected chi connectivity index (χ3v) is 3.53. The van der Waals surface area contributed by atoms with Crippen molar-refractivity contribution in [3.05, 3.63) is 65.5 Å². The number of aromatic amines is 1. The standard InChI is InChI=1S/C15H11N3/c1-3-10-5-2-6-13-12(14-9-16-18-17-14)8-7-11(4-1)15(10)13/h1-9,12H,(H,16,17,18). The van der Waals surface area contributed by atoms with Gasteiger partial charge in [-0.25, -0.2) is 0 Å². The Bertz CT molecular complexity index is 736. The van der Waals surface area contributed by atoms with Gasteiger partial charge in [-0.05, 0) is 21.9 Å². The summed E-state index contributed by atoms with van der Waals surface area (Å²) in [6, 6.07) is 12.8. The highest BCUT2D eigenvalue weighted by Crippen LogP contribution is 2.37. The summed E-state index contributed by atoms with van der Waals surface area (Å²) in [5.74, 6) is 0.197. The van der Waals surface area contributed by atoms with Crippen molar-refractivity contribution in [1.29, 1.82) is 0 Å². The summed E-state index contributed by atoms with van der Waals surface area (Å²) in [6.45, 7) is 0. The molecule has 1 N–H and O–H groups in total. The molecule has 0 amide bonds. The molecule has 0 fully saturated rings. The highest BCUT2D eigenvalue weighted by atomic mass is 15.3. The predicted molar refractivity (Wildman–Crippen MR) is 71.2 cm³/mol. The predicted octanol–water partition coefficient (Wildman–Crippen LogP) is 3.12. The molecule has 0 spiro atoms. The molecule has 0 radical (unpaired) electrons. The first-order valence-electron chi connectivity index (χ1n) is 6.00. The molecule has 1 aromatic heterocycles. The van der Waals surface area contributed by atoms with Crippen molar-refractivity contribution in [2.45, 2.75) is 5.92 Å². The van der Waals surface area contributed by atoms with Crippen LogP contribution in [0.15, 0.2) is 48.7 Å². The van der Waals surface area contributed by atoms with Gasteiger partial charge in [0.15, 0.2) is 0 Å². The summed E-state index contributed by atoms with van der Waals surface area (Å²) in [4.78, 5) is 0. The van der Waals surface area contributed by atoms with Crippen molar-refractivity contribution >= 4 is 16.8 Å². The van der Waals surface area contributed by atoms with Crippen LogP contribution in [0.5, 0.6) is 0 Å². The van der Waals surface area contributed by atoms with Gasteiger partial charge in [0, 0.05) is 12.1 Å². The van der Waals surface area contributed by atoms with E-state index in [1.54, 1.807) is 0 Å². The Hall–Kier alpha value is -2.42. The van der Waals surface area contributed by atoms with Crippen molar-refractivity contribution in [1.82, 2.24) is 15.4 Å². The molecule has 0 bridgehead atoms. The zero-order valence-electron chi connectivity index (χ0n) is 9.67. The molecule has 2 aromatic carbocycles. The van der Waals surface area contributed by atoms with E-state index >= 15 is 0 Å². The lowest BCUT2D eigenvalue weighted by Gasteiger charge is -2.19. The van der Waals surface area contributed by atoms with E-state index in [0.29, 0.717) is 0 Å². The molecule has 86 valence electrons. The topological polar surface area (TPSA) is 41.6 Å². The highest BCUT2D eigenvalue weighted by molar-refractivity contribution is 5.96. The molecule has 4 rings (SSSR count). The fourth-order valence-corrected chi connectivity index (χ4v) is 2.72. The lowest BCUT2D eigenvalue weighted by atomic mass is 9.85. The normalized spacial score (nSPS) is 17.2. The second-order valence-electron chi connectivity index (χ2n) is 4.53. The molecule has 1 atom stereocenters. The summed E-state index contributed by atoms with van der Waals surface area (Å²) in [5.41, 5.74) is 3.55. The lowest BCUT2D eigenvalue weighted by Crippen LogP contribution is -2.03. The Morgan fingerprint density at radius 3 is 2.78 bits per heavy atom. The van der Waals surface area contributed by atoms with Crippen molar-refractivity contribution in [3.8, 4) is 0 Å². The molecule has 0 aliphatic heterocycles. The van der Waals surface area contributed by atoms with E-state index in [9.17, 15) is 0 Å². The van der Waals surface area contributed by atoms with Crippen molar-refractivity contribution < 1.29 is 0 Å². The molecule has 3 heteroatoms. The summed E-state index contributed by atoms with van der Waals surface area (Å²) >= 11 is 0. The third kappa shape index (κ3) is 1.24. The van der Waals surface area contributed by atoms with E-state index in [1.165, 1.54) is 21.9 Å². The van der Waals surface area contributed by atoms with Gasteiger partial charge in [0.05, 0.1) is 5.69 Å². The van der Waals surface area contributed by atoms with E-state index in [-0.39, 0.29) is 5.92 Å². The first-order chi connectivity index (χ1) is 8.93. The van der Waals surface area contributed by atoms with Crippen LogP contribution in [0.4, 0.5) is 0 Å². The van der Waals surface area contributed by atoms with Gasteiger partial charge in [0.2, 0.25) is 0 Å². The number of hydrogen-bond acceptors (Lipinski definition) is 2. The summed E-state index contributed by atoms with van der Waals surface area (Å²) in [5, 5.41) is 13.3. The van der Waals surface area contributed by atoms with Crippen LogP contribution < -0.4 is 0 Å². The molecule has 1 heterocycles. The molecule has 18 heavy (non-hydrogen) atoms. The van der Waals surface area contributed by atoms with Gasteiger partial charge >= 0.3 is 0 Å². The number of benzene rings is 2. The first-order valence-corrected chi connectivity index (χ1v) is 6.00. The second kappa shape index (κ2) is 3.53. The Morgan fingerprint density at radius 1 is 1.06 bits per heavy atom. The number of hydrogen-bond donors (Lipinski definition) is 1. The summed E-state index contributed by atoms with van der Waals surface area (Å²) < 4.78 is 0. The van der Waals surface area contributed by atoms with Gasteiger partial charge in [-0.1, -0.05) is 53.8 Å². The van der Waals surface area contributed by atoms with E-state index in [2.05, 4.69) is 64.0 Å². The molecular formula is C15H11N3. The summed E-state index contributed by atoms with van der Waals surface area (Å²) in [7, 11) is 0. The smallest absolute Gasteiger partial charge is 0.0937 e. The summed E-state index contributed by atoms with van der Waals surface area (Å²) in [6.07, 6.45) is 6.23. The Kier molecular flexibility index (Phi) is 1.88. The number of nitrogens with zero attached hydrogens (tertiary/aromatic N) is 2. The van der Waals surface area contributed by atoms with Gasteiger partial charge in [-0.3, -0.25) is 5.10 Å². The Balaban J connectivity index is 2.04. The van der Waals surface area contributed by atoms with Crippen molar-refractivity contribution in [2.24, 2.45) is 0 Å². The largest absolute Gasteiger partial charge is 0.265 e. The van der Waals surface area contributed by atoms with Crippen molar-refractivity contribution in [3.63, 3.8) is 0 Å². The van der Waals surface area contributed by atoms with E-state index in [4.69, 9.17) is 0 Å². The maximum Gasteiger partial charge on any atom is 0.0937 e. The Morgan fingerprint density at radius 2 is 1.94 bits per heavy atom. The molecule has 1 unspecified atom stereocenters. The first kappa shape index (κ1) is 9.59. The average Bonchev–Trinajstić information content (AvgIpc) is 2.94. The van der Waals surface area contributed by atoms with Gasteiger partial charge in [-0.15, -0.1) is 5.10 Å². The van der Waals surface area contributed by atoms with E-state index in [1.807, 2.05) is 6.20 Å². The molecule has 0 saturated heterocycles. The maximum atomic E-state index is 4.14. The van der Waals surface area contributed by atoms with Crippen LogP contribution in [0.1, 0.15) is 22.7 Å². The van der Waals surface area contributed by atoms with Gasteiger partial charge in [-0.2, -0.15) is 0 Å². The van der Waals surface area contributed by atoms with Crippen LogP contribution in [0.2, 0.25) is 0 Å². The third-order valence-electron chi connectivity index (χ3n) is 3.53. The minimum Gasteiger partial charge on any atom is -0.265 e.